The van der Waals surface area contributed by atoms with E-state index < -0.39 is 0 Å². The zero-order chi connectivity index (χ0) is 14.7. The molecule has 0 radical (unpaired) electrons. The third-order valence-corrected chi connectivity index (χ3v) is 4.99. The Morgan fingerprint density at radius 3 is 2.62 bits per heavy atom. The van der Waals surface area contributed by atoms with Gasteiger partial charge >= 0.3 is 6.03 Å². The van der Waals surface area contributed by atoms with Gasteiger partial charge in [0.15, 0.2) is 0 Å². The van der Waals surface area contributed by atoms with Crippen molar-refractivity contribution in [2.45, 2.75) is 64.0 Å². The SMILES string of the molecule is Cc1ccccc1[C@@H]1CCCN1C(=O)NC1CCCCC1. The molecule has 1 aromatic rings. The Balaban J connectivity index is 1.68. The Morgan fingerprint density at radius 1 is 1.10 bits per heavy atom. The van der Waals surface area contributed by atoms with Crippen molar-refractivity contribution < 1.29 is 4.79 Å². The van der Waals surface area contributed by atoms with Crippen molar-refractivity contribution in [2.24, 2.45) is 0 Å². The molecule has 0 unspecified atom stereocenters. The van der Waals surface area contributed by atoms with Gasteiger partial charge in [-0.1, -0.05) is 43.5 Å². The van der Waals surface area contributed by atoms with E-state index >= 15 is 0 Å². The van der Waals surface area contributed by atoms with E-state index in [9.17, 15) is 4.79 Å². The molecule has 0 aromatic heterocycles. The molecule has 0 bridgehead atoms. The molecule has 1 aliphatic carbocycles. The number of aryl methyl sites for hydroxylation is 1. The first-order valence-electron chi connectivity index (χ1n) is 8.38. The summed E-state index contributed by atoms with van der Waals surface area (Å²) in [4.78, 5) is 14.7. The summed E-state index contributed by atoms with van der Waals surface area (Å²) in [5.74, 6) is 0. The predicted octanol–water partition coefficient (Wildman–Crippen LogP) is 4.17. The van der Waals surface area contributed by atoms with Crippen LogP contribution >= 0.6 is 0 Å². The second kappa shape index (κ2) is 6.50. The van der Waals surface area contributed by atoms with Crippen LogP contribution in [0.5, 0.6) is 0 Å². The van der Waals surface area contributed by atoms with E-state index in [-0.39, 0.29) is 12.1 Å². The highest BCUT2D eigenvalue weighted by Crippen LogP contribution is 2.33. The highest BCUT2D eigenvalue weighted by Gasteiger charge is 2.31. The summed E-state index contributed by atoms with van der Waals surface area (Å²) in [6.07, 6.45) is 8.32. The molecule has 3 nitrogen and oxygen atoms in total. The third kappa shape index (κ3) is 3.22. The maximum atomic E-state index is 12.6. The first-order chi connectivity index (χ1) is 10.3. The van der Waals surface area contributed by atoms with Crippen LogP contribution in [0.3, 0.4) is 0 Å². The summed E-state index contributed by atoms with van der Waals surface area (Å²) in [6.45, 7) is 3.03. The maximum absolute atomic E-state index is 12.6. The van der Waals surface area contributed by atoms with E-state index in [1.807, 2.05) is 0 Å². The summed E-state index contributed by atoms with van der Waals surface area (Å²) in [7, 11) is 0. The lowest BCUT2D eigenvalue weighted by atomic mass is 9.95. The van der Waals surface area contributed by atoms with Gasteiger partial charge in [-0.15, -0.1) is 0 Å². The standard InChI is InChI=1S/C18H26N2O/c1-14-8-5-6-11-16(14)17-12-7-13-20(17)18(21)19-15-9-3-2-4-10-15/h5-6,8,11,15,17H,2-4,7,9-10,12-13H2,1H3,(H,19,21)/t17-/m0/s1. The maximum Gasteiger partial charge on any atom is 0.318 e. The number of carbonyl (C=O) groups excluding carboxylic acids is 1. The van der Waals surface area contributed by atoms with Crippen LogP contribution in [0.2, 0.25) is 0 Å². The van der Waals surface area contributed by atoms with Crippen molar-refractivity contribution in [3.63, 3.8) is 0 Å². The van der Waals surface area contributed by atoms with Gasteiger partial charge < -0.3 is 10.2 Å². The van der Waals surface area contributed by atoms with Crippen molar-refractivity contribution in [1.29, 1.82) is 0 Å². The Morgan fingerprint density at radius 2 is 1.86 bits per heavy atom. The van der Waals surface area contributed by atoms with Crippen molar-refractivity contribution in [3.05, 3.63) is 35.4 Å². The molecule has 1 atom stereocenters. The van der Waals surface area contributed by atoms with Gasteiger partial charge in [-0.25, -0.2) is 4.79 Å². The average Bonchev–Trinajstić information content (AvgIpc) is 2.98. The number of likely N-dealkylation sites (tertiary alicyclic amines) is 1. The number of hydrogen-bond donors (Lipinski definition) is 1. The molecule has 3 heteroatoms. The number of benzene rings is 1. The third-order valence-electron chi connectivity index (χ3n) is 4.99. The monoisotopic (exact) mass is 286 g/mol. The molecule has 2 aliphatic rings. The molecule has 1 saturated carbocycles. The van der Waals surface area contributed by atoms with Crippen LogP contribution in [0.1, 0.15) is 62.1 Å². The Hall–Kier alpha value is -1.51. The number of urea groups is 1. The molecule has 1 aromatic carbocycles. The number of nitrogens with zero attached hydrogens (tertiary/aromatic N) is 1. The number of rotatable bonds is 2. The van der Waals surface area contributed by atoms with Crippen LogP contribution in [0.4, 0.5) is 4.79 Å². The summed E-state index contributed by atoms with van der Waals surface area (Å²) < 4.78 is 0. The molecule has 1 heterocycles. The fraction of sp³-hybridized carbons (Fsp3) is 0.611. The zero-order valence-corrected chi connectivity index (χ0v) is 13.0. The Bertz CT molecular complexity index is 494. The Kier molecular flexibility index (Phi) is 4.47. The number of hydrogen-bond acceptors (Lipinski definition) is 1. The number of amides is 2. The highest BCUT2D eigenvalue weighted by molar-refractivity contribution is 5.75. The van der Waals surface area contributed by atoms with Gasteiger partial charge in [0, 0.05) is 12.6 Å². The lowest BCUT2D eigenvalue weighted by Gasteiger charge is -2.30. The number of nitrogens with one attached hydrogen (secondary N) is 1. The summed E-state index contributed by atoms with van der Waals surface area (Å²) in [5, 5.41) is 3.27. The molecule has 1 aliphatic heterocycles. The van der Waals surface area contributed by atoms with Gasteiger partial charge in [0.2, 0.25) is 0 Å². The largest absolute Gasteiger partial charge is 0.335 e. The van der Waals surface area contributed by atoms with Crippen LogP contribution in [0, 0.1) is 6.92 Å². The van der Waals surface area contributed by atoms with Gasteiger partial charge in [-0.05, 0) is 43.7 Å². The molecule has 3 rings (SSSR count). The number of carbonyl (C=O) groups is 1. The average molecular weight is 286 g/mol. The predicted molar refractivity (Wildman–Crippen MR) is 85.3 cm³/mol. The molecule has 0 spiro atoms. The first-order valence-corrected chi connectivity index (χ1v) is 8.38. The smallest absolute Gasteiger partial charge is 0.318 e. The Labute approximate surface area is 127 Å². The van der Waals surface area contributed by atoms with Crippen molar-refractivity contribution in [2.75, 3.05) is 6.54 Å². The van der Waals surface area contributed by atoms with Gasteiger partial charge in [0.05, 0.1) is 6.04 Å². The lowest BCUT2D eigenvalue weighted by Crippen LogP contribution is -2.45. The second-order valence-corrected chi connectivity index (χ2v) is 6.49. The van der Waals surface area contributed by atoms with Crippen LogP contribution < -0.4 is 5.32 Å². The van der Waals surface area contributed by atoms with Crippen LogP contribution in [-0.4, -0.2) is 23.5 Å². The van der Waals surface area contributed by atoms with Gasteiger partial charge in [-0.3, -0.25) is 0 Å². The van der Waals surface area contributed by atoms with Crippen molar-refractivity contribution in [3.8, 4) is 0 Å². The molecular formula is C18H26N2O. The minimum Gasteiger partial charge on any atom is -0.335 e. The molecule has 114 valence electrons. The van der Waals surface area contributed by atoms with Crippen LogP contribution in [0.25, 0.3) is 0 Å². The lowest BCUT2D eigenvalue weighted by molar-refractivity contribution is 0.185. The molecule has 1 N–H and O–H groups in total. The van der Waals surface area contributed by atoms with Crippen LogP contribution in [-0.2, 0) is 0 Å². The summed E-state index contributed by atoms with van der Waals surface area (Å²) >= 11 is 0. The second-order valence-electron chi connectivity index (χ2n) is 6.49. The summed E-state index contributed by atoms with van der Waals surface area (Å²) in [6, 6.07) is 9.27. The van der Waals surface area contributed by atoms with Gasteiger partial charge in [-0.2, -0.15) is 0 Å². The van der Waals surface area contributed by atoms with E-state index in [0.717, 1.165) is 32.2 Å². The van der Waals surface area contributed by atoms with Gasteiger partial charge in [0.1, 0.15) is 0 Å². The summed E-state index contributed by atoms with van der Waals surface area (Å²) in [5.41, 5.74) is 2.61. The molecule has 2 fully saturated rings. The van der Waals surface area contributed by atoms with E-state index in [0.29, 0.717) is 6.04 Å². The molecular weight excluding hydrogens is 260 g/mol. The highest BCUT2D eigenvalue weighted by atomic mass is 16.2. The van der Waals surface area contributed by atoms with E-state index in [2.05, 4.69) is 41.4 Å². The van der Waals surface area contributed by atoms with E-state index in [1.54, 1.807) is 0 Å². The molecule has 21 heavy (non-hydrogen) atoms. The van der Waals surface area contributed by atoms with Crippen molar-refractivity contribution >= 4 is 6.03 Å². The minimum atomic E-state index is 0.146. The van der Waals surface area contributed by atoms with Crippen LogP contribution in [0.15, 0.2) is 24.3 Å². The minimum absolute atomic E-state index is 0.146. The fourth-order valence-electron chi connectivity index (χ4n) is 3.80. The fourth-order valence-corrected chi connectivity index (χ4v) is 3.80. The van der Waals surface area contributed by atoms with Gasteiger partial charge in [0.25, 0.3) is 0 Å². The topological polar surface area (TPSA) is 32.3 Å². The molecule has 1 saturated heterocycles. The normalized spacial score (nSPS) is 23.3. The molecule has 2 amide bonds. The van der Waals surface area contributed by atoms with E-state index in [1.165, 1.54) is 30.4 Å². The zero-order valence-electron chi connectivity index (χ0n) is 13.0. The first kappa shape index (κ1) is 14.4. The van der Waals surface area contributed by atoms with Crippen molar-refractivity contribution in [1.82, 2.24) is 10.2 Å². The van der Waals surface area contributed by atoms with E-state index in [4.69, 9.17) is 0 Å². The quantitative estimate of drug-likeness (QED) is 0.869.